The molecule has 28 heavy (non-hydrogen) atoms. The van der Waals surface area contributed by atoms with Gasteiger partial charge in [0.05, 0.1) is 21.3 Å². The summed E-state index contributed by atoms with van der Waals surface area (Å²) in [5, 5.41) is 3.35. The van der Waals surface area contributed by atoms with Gasteiger partial charge in [-0.1, -0.05) is 12.1 Å². The first-order chi connectivity index (χ1) is 13.1. The highest BCUT2D eigenvalue weighted by molar-refractivity contribution is 14.0. The van der Waals surface area contributed by atoms with Crippen LogP contribution in [0.15, 0.2) is 41.5 Å². The molecule has 0 atom stereocenters. The molecule has 0 saturated heterocycles. The number of aliphatic imine (C=N–C) groups is 1. The summed E-state index contributed by atoms with van der Waals surface area (Å²) in [4.78, 5) is 10.7. The lowest BCUT2D eigenvalue weighted by Gasteiger charge is -2.22. The Labute approximate surface area is 184 Å². The number of nitrogens with one attached hydrogen (secondary N) is 1. The maximum Gasteiger partial charge on any atom is 0.212 e. The molecule has 0 spiro atoms. The molecule has 0 radical (unpaired) electrons. The van der Waals surface area contributed by atoms with Crippen molar-refractivity contribution in [3.05, 3.63) is 47.7 Å². The van der Waals surface area contributed by atoms with E-state index in [4.69, 9.17) is 14.2 Å². The number of nitrogens with zero attached hydrogens (tertiary/aromatic N) is 3. The second-order valence-corrected chi connectivity index (χ2v) is 5.97. The Kier molecular flexibility index (Phi) is 10.4. The quantitative estimate of drug-likeness (QED) is 0.342. The number of hydrogen-bond donors (Lipinski definition) is 1. The van der Waals surface area contributed by atoms with E-state index in [-0.39, 0.29) is 24.0 Å². The van der Waals surface area contributed by atoms with Crippen molar-refractivity contribution >= 4 is 29.9 Å². The van der Waals surface area contributed by atoms with Crippen molar-refractivity contribution in [2.45, 2.75) is 13.0 Å². The van der Waals surface area contributed by atoms with E-state index in [0.29, 0.717) is 12.4 Å². The molecule has 0 unspecified atom stereocenters. The third-order valence-corrected chi connectivity index (χ3v) is 4.21. The maximum absolute atomic E-state index is 5.37. The average Bonchev–Trinajstić information content (AvgIpc) is 2.72. The topological polar surface area (TPSA) is 68.2 Å². The Morgan fingerprint density at radius 2 is 1.75 bits per heavy atom. The van der Waals surface area contributed by atoms with Gasteiger partial charge in [-0.05, 0) is 29.7 Å². The monoisotopic (exact) mass is 500 g/mol. The number of pyridine rings is 1. The van der Waals surface area contributed by atoms with Crippen LogP contribution in [0.3, 0.4) is 0 Å². The van der Waals surface area contributed by atoms with E-state index in [1.165, 1.54) is 5.56 Å². The second kappa shape index (κ2) is 12.3. The third-order valence-electron chi connectivity index (χ3n) is 4.21. The first kappa shape index (κ1) is 23.8. The molecule has 0 saturated carbocycles. The van der Waals surface area contributed by atoms with Gasteiger partial charge in [-0.3, -0.25) is 4.99 Å². The van der Waals surface area contributed by atoms with Crippen LogP contribution >= 0.6 is 24.0 Å². The highest BCUT2D eigenvalue weighted by Crippen LogP contribution is 2.27. The molecule has 2 rings (SSSR count). The molecule has 154 valence electrons. The van der Waals surface area contributed by atoms with Crippen molar-refractivity contribution in [3.63, 3.8) is 0 Å². The van der Waals surface area contributed by atoms with Crippen LogP contribution < -0.4 is 19.5 Å². The highest BCUT2D eigenvalue weighted by Gasteiger charge is 2.09. The predicted molar refractivity (Wildman–Crippen MR) is 122 cm³/mol. The molecule has 1 heterocycles. The predicted octanol–water partition coefficient (Wildman–Crippen LogP) is 2.98. The van der Waals surface area contributed by atoms with Crippen molar-refractivity contribution in [2.24, 2.45) is 4.99 Å². The molecule has 1 N–H and O–H groups in total. The Bertz CT molecular complexity index is 754. The summed E-state index contributed by atoms with van der Waals surface area (Å²) >= 11 is 0. The van der Waals surface area contributed by atoms with E-state index in [1.54, 1.807) is 34.6 Å². The number of hydrogen-bond acceptors (Lipinski definition) is 5. The fraction of sp³-hybridized carbons (Fsp3) is 0.400. The molecule has 1 aromatic heterocycles. The van der Waals surface area contributed by atoms with E-state index >= 15 is 0 Å². The van der Waals surface area contributed by atoms with Crippen LogP contribution in [0.5, 0.6) is 17.4 Å². The smallest absolute Gasteiger partial charge is 0.212 e. The van der Waals surface area contributed by atoms with Gasteiger partial charge in [-0.2, -0.15) is 0 Å². The summed E-state index contributed by atoms with van der Waals surface area (Å²) in [5.74, 6) is 2.91. The molecular weight excluding hydrogens is 471 g/mol. The summed E-state index contributed by atoms with van der Waals surface area (Å²) < 4.78 is 15.7. The number of aromatic nitrogens is 1. The number of halogens is 1. The molecule has 0 aliphatic rings. The van der Waals surface area contributed by atoms with Gasteiger partial charge in [0.25, 0.3) is 0 Å². The van der Waals surface area contributed by atoms with Gasteiger partial charge in [-0.25, -0.2) is 4.98 Å². The van der Waals surface area contributed by atoms with Crippen molar-refractivity contribution in [3.8, 4) is 17.4 Å². The highest BCUT2D eigenvalue weighted by atomic mass is 127. The first-order valence-electron chi connectivity index (χ1n) is 8.72. The van der Waals surface area contributed by atoms with Gasteiger partial charge in [0, 0.05) is 39.4 Å². The van der Waals surface area contributed by atoms with Crippen LogP contribution in [0.4, 0.5) is 0 Å². The van der Waals surface area contributed by atoms with Gasteiger partial charge in [0.2, 0.25) is 5.88 Å². The van der Waals surface area contributed by atoms with Gasteiger partial charge in [-0.15, -0.1) is 24.0 Å². The summed E-state index contributed by atoms with van der Waals surface area (Å²) in [5.41, 5.74) is 2.24. The minimum atomic E-state index is 0. The van der Waals surface area contributed by atoms with Crippen LogP contribution in [-0.4, -0.2) is 57.8 Å². The van der Waals surface area contributed by atoms with E-state index < -0.39 is 0 Å². The fourth-order valence-electron chi connectivity index (χ4n) is 2.64. The van der Waals surface area contributed by atoms with E-state index in [2.05, 4.69) is 26.3 Å². The molecule has 0 amide bonds. The molecule has 0 aliphatic heterocycles. The molecule has 2 aromatic rings. The lowest BCUT2D eigenvalue weighted by Crippen LogP contribution is -2.39. The number of benzene rings is 1. The summed E-state index contributed by atoms with van der Waals surface area (Å²) in [7, 11) is 8.69. The Morgan fingerprint density at radius 3 is 2.32 bits per heavy atom. The van der Waals surface area contributed by atoms with Crippen LogP contribution in [0, 0.1) is 0 Å². The minimum Gasteiger partial charge on any atom is -0.493 e. The summed E-state index contributed by atoms with van der Waals surface area (Å²) in [6.45, 7) is 1.46. The maximum atomic E-state index is 5.37. The summed E-state index contributed by atoms with van der Waals surface area (Å²) in [6, 6.07) is 9.81. The molecular formula is C20H29IN4O3. The average molecular weight is 500 g/mol. The SMILES string of the molecule is CN=C(NCc1ccc(OC)nc1)N(C)CCc1ccc(OC)c(OC)c1.I. The zero-order chi connectivity index (χ0) is 19.6. The van der Waals surface area contributed by atoms with Crippen LogP contribution in [0.25, 0.3) is 0 Å². The van der Waals surface area contributed by atoms with Crippen molar-refractivity contribution < 1.29 is 14.2 Å². The van der Waals surface area contributed by atoms with Crippen LogP contribution in [-0.2, 0) is 13.0 Å². The number of likely N-dealkylation sites (N-methyl/N-ethyl adjacent to an activating group) is 1. The van der Waals surface area contributed by atoms with Gasteiger partial charge >= 0.3 is 0 Å². The second-order valence-electron chi connectivity index (χ2n) is 5.97. The standard InChI is InChI=1S/C20H28N4O3.HI/c1-21-20(23-14-16-7-9-19(27-5)22-13-16)24(2)11-10-15-6-8-17(25-3)18(12-15)26-4;/h6-9,12-13H,10-11,14H2,1-5H3,(H,21,23);1H. The number of ether oxygens (including phenoxy) is 3. The molecule has 8 heteroatoms. The van der Waals surface area contributed by atoms with Crippen LogP contribution in [0.2, 0.25) is 0 Å². The zero-order valence-corrected chi connectivity index (χ0v) is 19.4. The molecule has 0 fully saturated rings. The van der Waals surface area contributed by atoms with E-state index in [0.717, 1.165) is 36.0 Å². The fourth-order valence-corrected chi connectivity index (χ4v) is 2.64. The number of guanidine groups is 1. The number of rotatable bonds is 8. The minimum absolute atomic E-state index is 0. The van der Waals surface area contributed by atoms with Gasteiger partial charge in [0.15, 0.2) is 17.5 Å². The van der Waals surface area contributed by atoms with Gasteiger partial charge in [0.1, 0.15) is 0 Å². The lowest BCUT2D eigenvalue weighted by molar-refractivity contribution is 0.354. The number of methoxy groups -OCH3 is 3. The van der Waals surface area contributed by atoms with Crippen LogP contribution in [0.1, 0.15) is 11.1 Å². The van der Waals surface area contributed by atoms with Crippen molar-refractivity contribution in [1.82, 2.24) is 15.2 Å². The Balaban J connectivity index is 0.00000392. The van der Waals surface area contributed by atoms with E-state index in [9.17, 15) is 0 Å². The molecule has 0 bridgehead atoms. The zero-order valence-electron chi connectivity index (χ0n) is 17.1. The molecule has 0 aliphatic carbocycles. The first-order valence-corrected chi connectivity index (χ1v) is 8.72. The largest absolute Gasteiger partial charge is 0.493 e. The van der Waals surface area contributed by atoms with Gasteiger partial charge < -0.3 is 24.4 Å². The normalized spacial score (nSPS) is 10.7. The van der Waals surface area contributed by atoms with Crippen molar-refractivity contribution in [1.29, 1.82) is 0 Å². The molecule has 7 nitrogen and oxygen atoms in total. The molecule has 1 aromatic carbocycles. The lowest BCUT2D eigenvalue weighted by atomic mass is 10.1. The van der Waals surface area contributed by atoms with Crippen molar-refractivity contribution in [2.75, 3.05) is 42.0 Å². The Hall–Kier alpha value is -2.23. The third kappa shape index (κ3) is 6.74. The Morgan fingerprint density at radius 1 is 1.04 bits per heavy atom. The van der Waals surface area contributed by atoms with E-state index in [1.807, 2.05) is 31.3 Å². The summed E-state index contributed by atoms with van der Waals surface area (Å²) in [6.07, 6.45) is 2.66.